The van der Waals surface area contributed by atoms with E-state index in [1.807, 2.05) is 0 Å². The highest BCUT2D eigenvalue weighted by atomic mass is 14.8. The third kappa shape index (κ3) is 5.38. The minimum atomic E-state index is 0.964. The van der Waals surface area contributed by atoms with Crippen LogP contribution in [0.5, 0.6) is 0 Å². The number of nitrogens with one attached hydrogen (secondary N) is 1. The average Bonchev–Trinajstić information content (AvgIpc) is 2.29. The van der Waals surface area contributed by atoms with Gasteiger partial charge in [0.2, 0.25) is 0 Å². The van der Waals surface area contributed by atoms with Crippen molar-refractivity contribution in [2.24, 2.45) is 0 Å². The van der Waals surface area contributed by atoms with Crippen LogP contribution in [0.4, 0.5) is 0 Å². The molecule has 0 aliphatic heterocycles. The number of aryl methyl sites for hydroxylation is 1. The highest BCUT2D eigenvalue weighted by Gasteiger charge is 1.93. The zero-order valence-corrected chi connectivity index (χ0v) is 9.63. The SMILES string of the molecule is C=C(CC)CNCCCc1ccccc1. The molecule has 0 unspecified atom stereocenters. The summed E-state index contributed by atoms with van der Waals surface area (Å²) in [6, 6.07) is 10.6. The Labute approximate surface area is 93.2 Å². The van der Waals surface area contributed by atoms with Gasteiger partial charge < -0.3 is 5.32 Å². The van der Waals surface area contributed by atoms with Gasteiger partial charge in [0.05, 0.1) is 0 Å². The summed E-state index contributed by atoms with van der Waals surface area (Å²) in [6.07, 6.45) is 3.43. The van der Waals surface area contributed by atoms with Crippen LogP contribution in [0.15, 0.2) is 42.5 Å². The van der Waals surface area contributed by atoms with Crippen molar-refractivity contribution in [3.8, 4) is 0 Å². The van der Waals surface area contributed by atoms with Crippen LogP contribution in [0.2, 0.25) is 0 Å². The Morgan fingerprint density at radius 3 is 2.67 bits per heavy atom. The molecule has 1 aromatic rings. The zero-order valence-electron chi connectivity index (χ0n) is 9.63. The highest BCUT2D eigenvalue weighted by Crippen LogP contribution is 2.01. The lowest BCUT2D eigenvalue weighted by Gasteiger charge is -2.05. The summed E-state index contributed by atoms with van der Waals surface area (Å²) in [5.74, 6) is 0. The molecule has 0 aliphatic carbocycles. The molecule has 1 N–H and O–H groups in total. The van der Waals surface area contributed by atoms with E-state index in [0.29, 0.717) is 0 Å². The number of hydrogen-bond acceptors (Lipinski definition) is 1. The Balaban J connectivity index is 2.05. The smallest absolute Gasteiger partial charge is 0.0161 e. The third-order valence-electron chi connectivity index (χ3n) is 2.54. The lowest BCUT2D eigenvalue weighted by molar-refractivity contribution is 0.675. The predicted octanol–water partition coefficient (Wildman–Crippen LogP) is 3.18. The normalized spacial score (nSPS) is 10.2. The third-order valence-corrected chi connectivity index (χ3v) is 2.54. The summed E-state index contributed by atoms with van der Waals surface area (Å²) >= 11 is 0. The first-order valence-corrected chi connectivity index (χ1v) is 5.74. The van der Waals surface area contributed by atoms with Crippen molar-refractivity contribution < 1.29 is 0 Å². The Morgan fingerprint density at radius 1 is 1.27 bits per heavy atom. The molecule has 1 heteroatoms. The predicted molar refractivity (Wildman–Crippen MR) is 67.1 cm³/mol. The molecule has 0 saturated carbocycles. The number of benzene rings is 1. The van der Waals surface area contributed by atoms with Crippen LogP contribution in [0.1, 0.15) is 25.3 Å². The van der Waals surface area contributed by atoms with Gasteiger partial charge in [0, 0.05) is 6.54 Å². The van der Waals surface area contributed by atoms with Gasteiger partial charge in [-0.2, -0.15) is 0 Å². The molecule has 0 bridgehead atoms. The molecule has 15 heavy (non-hydrogen) atoms. The standard InChI is InChI=1S/C14H21N/c1-3-13(2)12-15-11-7-10-14-8-5-4-6-9-14/h4-6,8-9,15H,2-3,7,10-12H2,1H3. The molecule has 82 valence electrons. The van der Waals surface area contributed by atoms with Crippen molar-refractivity contribution in [2.45, 2.75) is 26.2 Å². The molecule has 0 fully saturated rings. The molecule has 0 radical (unpaired) electrons. The molecule has 1 nitrogen and oxygen atoms in total. The molecule has 0 heterocycles. The van der Waals surface area contributed by atoms with Crippen molar-refractivity contribution in [3.63, 3.8) is 0 Å². The molecular formula is C14H21N. The van der Waals surface area contributed by atoms with Crippen LogP contribution in [0.25, 0.3) is 0 Å². The minimum Gasteiger partial charge on any atom is -0.313 e. The Bertz CT molecular complexity index is 277. The van der Waals surface area contributed by atoms with E-state index in [9.17, 15) is 0 Å². The van der Waals surface area contributed by atoms with Gasteiger partial charge in [0.15, 0.2) is 0 Å². The molecule has 0 atom stereocenters. The van der Waals surface area contributed by atoms with E-state index >= 15 is 0 Å². The lowest BCUT2D eigenvalue weighted by atomic mass is 10.1. The van der Waals surface area contributed by atoms with Crippen LogP contribution < -0.4 is 5.32 Å². The molecule has 0 amide bonds. The van der Waals surface area contributed by atoms with E-state index in [4.69, 9.17) is 0 Å². The van der Waals surface area contributed by atoms with E-state index < -0.39 is 0 Å². The van der Waals surface area contributed by atoms with Gasteiger partial charge in [0.1, 0.15) is 0 Å². The Morgan fingerprint density at radius 2 is 2.00 bits per heavy atom. The lowest BCUT2D eigenvalue weighted by Crippen LogP contribution is -2.18. The van der Waals surface area contributed by atoms with Gasteiger partial charge in [0.25, 0.3) is 0 Å². The molecule has 1 aromatic carbocycles. The summed E-state index contributed by atoms with van der Waals surface area (Å²) < 4.78 is 0. The summed E-state index contributed by atoms with van der Waals surface area (Å²) in [6.45, 7) is 8.15. The van der Waals surface area contributed by atoms with Crippen molar-refractivity contribution in [3.05, 3.63) is 48.0 Å². The van der Waals surface area contributed by atoms with Crippen molar-refractivity contribution >= 4 is 0 Å². The van der Waals surface area contributed by atoms with Crippen molar-refractivity contribution in [1.29, 1.82) is 0 Å². The van der Waals surface area contributed by atoms with E-state index in [0.717, 1.165) is 25.9 Å². The molecule has 0 saturated heterocycles. The quantitative estimate of drug-likeness (QED) is 0.530. The van der Waals surface area contributed by atoms with Gasteiger partial charge in [-0.05, 0) is 31.4 Å². The molecule has 0 spiro atoms. The second-order valence-corrected chi connectivity index (χ2v) is 3.87. The summed E-state index contributed by atoms with van der Waals surface area (Å²) in [5.41, 5.74) is 2.71. The molecule has 0 aromatic heterocycles. The second-order valence-electron chi connectivity index (χ2n) is 3.87. The molecule has 1 rings (SSSR count). The van der Waals surface area contributed by atoms with Crippen LogP contribution in [-0.4, -0.2) is 13.1 Å². The van der Waals surface area contributed by atoms with Gasteiger partial charge in [-0.3, -0.25) is 0 Å². The first-order chi connectivity index (χ1) is 7.33. The maximum absolute atomic E-state index is 3.97. The molecule has 0 aliphatic rings. The monoisotopic (exact) mass is 203 g/mol. The fraction of sp³-hybridized carbons (Fsp3) is 0.429. The first-order valence-electron chi connectivity index (χ1n) is 5.74. The van der Waals surface area contributed by atoms with Gasteiger partial charge in [-0.25, -0.2) is 0 Å². The fourth-order valence-corrected chi connectivity index (χ4v) is 1.45. The minimum absolute atomic E-state index is 0.964. The van der Waals surface area contributed by atoms with Crippen LogP contribution >= 0.6 is 0 Å². The summed E-state index contributed by atoms with van der Waals surface area (Å²) in [4.78, 5) is 0. The Hall–Kier alpha value is -1.08. The molecular weight excluding hydrogens is 182 g/mol. The first kappa shape index (κ1) is 12.0. The second kappa shape index (κ2) is 7.24. The van der Waals surface area contributed by atoms with Crippen LogP contribution in [0.3, 0.4) is 0 Å². The Kier molecular flexibility index (Phi) is 5.79. The average molecular weight is 203 g/mol. The van der Waals surface area contributed by atoms with Gasteiger partial charge in [-0.1, -0.05) is 49.4 Å². The fourth-order valence-electron chi connectivity index (χ4n) is 1.45. The van der Waals surface area contributed by atoms with Crippen molar-refractivity contribution in [1.82, 2.24) is 5.32 Å². The van der Waals surface area contributed by atoms with E-state index in [1.165, 1.54) is 17.6 Å². The summed E-state index contributed by atoms with van der Waals surface area (Å²) in [5, 5.41) is 3.41. The number of rotatable bonds is 7. The van der Waals surface area contributed by atoms with E-state index in [1.54, 1.807) is 0 Å². The van der Waals surface area contributed by atoms with Crippen molar-refractivity contribution in [2.75, 3.05) is 13.1 Å². The van der Waals surface area contributed by atoms with E-state index in [2.05, 4.69) is 49.2 Å². The maximum Gasteiger partial charge on any atom is 0.0161 e. The maximum atomic E-state index is 3.97. The topological polar surface area (TPSA) is 12.0 Å². The summed E-state index contributed by atoms with van der Waals surface area (Å²) in [7, 11) is 0. The van der Waals surface area contributed by atoms with Crippen LogP contribution in [-0.2, 0) is 6.42 Å². The van der Waals surface area contributed by atoms with Gasteiger partial charge in [-0.15, -0.1) is 0 Å². The zero-order chi connectivity index (χ0) is 10.9. The van der Waals surface area contributed by atoms with Gasteiger partial charge >= 0.3 is 0 Å². The van der Waals surface area contributed by atoms with Crippen LogP contribution in [0, 0.1) is 0 Å². The highest BCUT2D eigenvalue weighted by molar-refractivity contribution is 5.14. The number of hydrogen-bond donors (Lipinski definition) is 1. The van der Waals surface area contributed by atoms with E-state index in [-0.39, 0.29) is 0 Å². The largest absolute Gasteiger partial charge is 0.313 e.